The van der Waals surface area contributed by atoms with Crippen molar-refractivity contribution in [2.24, 2.45) is 16.2 Å². The summed E-state index contributed by atoms with van der Waals surface area (Å²) in [5, 5.41) is 9.69. The predicted octanol–water partition coefficient (Wildman–Crippen LogP) is 2.02. The van der Waals surface area contributed by atoms with E-state index in [4.69, 9.17) is 0 Å². The van der Waals surface area contributed by atoms with Crippen molar-refractivity contribution >= 4 is 33.2 Å². The lowest BCUT2D eigenvalue weighted by Crippen LogP contribution is -2.37. The fourth-order valence-electron chi connectivity index (χ4n) is 4.06. The molecule has 9 nitrogen and oxygen atoms in total. The lowest BCUT2D eigenvalue weighted by Gasteiger charge is -2.16. The molecule has 3 aromatic rings. The number of hydrogen-bond donors (Lipinski definition) is 3. The quantitative estimate of drug-likeness (QED) is 0.528. The van der Waals surface area contributed by atoms with E-state index in [1.165, 1.54) is 20.1 Å². The summed E-state index contributed by atoms with van der Waals surface area (Å²) in [7, 11) is -3.82. The molecule has 1 saturated carbocycles. The van der Waals surface area contributed by atoms with Gasteiger partial charge in [0.15, 0.2) is 11.3 Å². The first-order chi connectivity index (χ1) is 13.6. The fourth-order valence-corrected chi connectivity index (χ4v) is 5.00. The zero-order valence-electron chi connectivity index (χ0n) is 16.7. The first-order valence-corrected chi connectivity index (χ1v) is 11.1. The van der Waals surface area contributed by atoms with Crippen LogP contribution in [0.2, 0.25) is 0 Å². The number of H-pyrrole nitrogens is 1. The van der Waals surface area contributed by atoms with Gasteiger partial charge in [-0.15, -0.1) is 0 Å². The molecule has 0 spiro atoms. The van der Waals surface area contributed by atoms with E-state index in [2.05, 4.69) is 35.4 Å². The van der Waals surface area contributed by atoms with Crippen LogP contribution in [0.1, 0.15) is 45.2 Å². The van der Waals surface area contributed by atoms with Crippen LogP contribution in [-0.2, 0) is 10.2 Å². The molecule has 0 radical (unpaired) electrons. The summed E-state index contributed by atoms with van der Waals surface area (Å²) in [6, 6.07) is 1.99. The summed E-state index contributed by atoms with van der Waals surface area (Å²) >= 11 is 0. The monoisotopic (exact) mass is 418 g/mol. The molecule has 10 heteroatoms. The van der Waals surface area contributed by atoms with Crippen LogP contribution in [0, 0.1) is 11.8 Å². The lowest BCUT2D eigenvalue weighted by molar-refractivity contribution is 0.0857. The van der Waals surface area contributed by atoms with Gasteiger partial charge >= 0.3 is 10.2 Å². The number of hydrogen-bond acceptors (Lipinski definition) is 5. The van der Waals surface area contributed by atoms with Crippen molar-refractivity contribution in [3.05, 3.63) is 30.4 Å². The molecule has 0 amide bonds. The van der Waals surface area contributed by atoms with Gasteiger partial charge < -0.3 is 10.1 Å². The van der Waals surface area contributed by atoms with Gasteiger partial charge in [0.2, 0.25) is 0 Å². The van der Waals surface area contributed by atoms with Crippen molar-refractivity contribution in [1.82, 2.24) is 24.1 Å². The summed E-state index contributed by atoms with van der Waals surface area (Å²) in [6.45, 7) is 5.16. The van der Waals surface area contributed by atoms with Crippen molar-refractivity contribution < 1.29 is 13.5 Å². The van der Waals surface area contributed by atoms with Gasteiger partial charge in [0, 0.05) is 36.8 Å². The van der Waals surface area contributed by atoms with Crippen LogP contribution in [-0.4, -0.2) is 51.2 Å². The summed E-state index contributed by atoms with van der Waals surface area (Å²) in [6.07, 6.45) is 8.69. The van der Waals surface area contributed by atoms with Gasteiger partial charge in [-0.05, 0) is 44.6 Å². The minimum atomic E-state index is -3.82. The summed E-state index contributed by atoms with van der Waals surface area (Å²) in [5.41, 5.74) is 2.58. The third-order valence-corrected chi connectivity index (χ3v) is 6.37. The third-order valence-electron chi connectivity index (χ3n) is 5.47. The van der Waals surface area contributed by atoms with Gasteiger partial charge in [-0.1, -0.05) is 6.92 Å². The second-order valence-electron chi connectivity index (χ2n) is 8.52. The Labute approximate surface area is 169 Å². The molecule has 1 aliphatic carbocycles. The number of rotatable bonds is 6. The average molecular weight is 419 g/mol. The van der Waals surface area contributed by atoms with E-state index in [-0.39, 0.29) is 18.4 Å². The second kappa shape index (κ2) is 7.19. The van der Waals surface area contributed by atoms with E-state index < -0.39 is 15.8 Å². The fraction of sp³-hybridized carbons (Fsp3) is 0.526. The summed E-state index contributed by atoms with van der Waals surface area (Å²) in [4.78, 5) is 12.0. The molecule has 156 valence electrons. The number of nitrogens with one attached hydrogen (secondary N) is 2. The van der Waals surface area contributed by atoms with Crippen LogP contribution in [0.15, 0.2) is 29.1 Å². The Bertz CT molecular complexity index is 1160. The molecule has 1 aliphatic rings. The van der Waals surface area contributed by atoms with Gasteiger partial charge in [-0.3, -0.25) is 4.40 Å². The molecule has 0 bridgehead atoms. The molecule has 0 aliphatic heterocycles. The van der Waals surface area contributed by atoms with E-state index in [9.17, 15) is 13.5 Å². The van der Waals surface area contributed by atoms with E-state index in [1.54, 1.807) is 6.20 Å². The minimum Gasteiger partial charge on any atom is -0.389 e. The van der Waals surface area contributed by atoms with Crippen molar-refractivity contribution in [3.8, 4) is 0 Å². The molecule has 0 aromatic carbocycles. The SMILES string of the molecule is C[C@@H]1CC(/C=N/S(=O)(=O)NCC(C)(C)O)C[C@@H]1c1cnc2cnc3[nH]ccc3n12. The van der Waals surface area contributed by atoms with Crippen molar-refractivity contribution in [1.29, 1.82) is 0 Å². The number of nitrogens with zero attached hydrogens (tertiary/aromatic N) is 4. The number of aliphatic hydroxyl groups is 1. The Kier molecular flexibility index (Phi) is 4.96. The molecule has 3 aromatic heterocycles. The molecule has 1 unspecified atom stereocenters. The van der Waals surface area contributed by atoms with E-state index in [0.717, 1.165) is 35.3 Å². The maximum Gasteiger partial charge on any atom is 0.319 e. The number of imidazole rings is 1. The first kappa shape index (κ1) is 20.0. The van der Waals surface area contributed by atoms with E-state index in [1.807, 2.05) is 18.5 Å². The summed E-state index contributed by atoms with van der Waals surface area (Å²) < 4.78 is 32.4. The Morgan fingerprint density at radius 1 is 1.38 bits per heavy atom. The van der Waals surface area contributed by atoms with Crippen molar-refractivity contribution in [2.75, 3.05) is 6.54 Å². The maximum atomic E-state index is 12.1. The van der Waals surface area contributed by atoms with E-state index in [0.29, 0.717) is 5.92 Å². The molecule has 1 fully saturated rings. The molecule has 3 N–H and O–H groups in total. The Morgan fingerprint density at radius 2 is 2.17 bits per heavy atom. The van der Waals surface area contributed by atoms with Crippen LogP contribution >= 0.6 is 0 Å². The highest BCUT2D eigenvalue weighted by Crippen LogP contribution is 2.42. The minimum absolute atomic E-state index is 0.0582. The number of aromatic nitrogens is 4. The molecule has 3 atom stereocenters. The van der Waals surface area contributed by atoms with E-state index >= 15 is 0 Å². The zero-order chi connectivity index (χ0) is 20.8. The second-order valence-corrected chi connectivity index (χ2v) is 9.97. The Balaban J connectivity index is 1.54. The van der Waals surface area contributed by atoms with Crippen LogP contribution < -0.4 is 4.72 Å². The molecular formula is C19H26N6O3S. The normalized spacial score (nSPS) is 23.7. The van der Waals surface area contributed by atoms with Crippen molar-refractivity contribution in [3.63, 3.8) is 0 Å². The van der Waals surface area contributed by atoms with Gasteiger partial charge in [0.1, 0.15) is 0 Å². The molecule has 0 saturated heterocycles. The molecule has 3 heterocycles. The standard InChI is InChI=1S/C19H26N6O3S/c1-12-6-13(8-23-29(27,28)24-11-19(2,3)26)7-14(12)16-9-21-17-10-22-18-15(25(16)17)4-5-20-18/h4-5,8-10,12-14,20,24,26H,6-7,11H2,1-3H3/b23-8+/t12-,13?,14+/m1/s1. The van der Waals surface area contributed by atoms with Gasteiger partial charge in [0.25, 0.3) is 0 Å². The highest BCUT2D eigenvalue weighted by Gasteiger charge is 2.34. The lowest BCUT2D eigenvalue weighted by atomic mass is 9.95. The molecular weight excluding hydrogens is 392 g/mol. The van der Waals surface area contributed by atoms with Crippen LogP contribution in [0.25, 0.3) is 16.8 Å². The van der Waals surface area contributed by atoms with Gasteiger partial charge in [-0.25, -0.2) is 9.97 Å². The Morgan fingerprint density at radius 3 is 2.93 bits per heavy atom. The summed E-state index contributed by atoms with van der Waals surface area (Å²) in [5.74, 6) is 0.664. The van der Waals surface area contributed by atoms with Crippen molar-refractivity contribution in [2.45, 2.75) is 45.1 Å². The Hall–Kier alpha value is -2.30. The predicted molar refractivity (Wildman–Crippen MR) is 111 cm³/mol. The number of fused-ring (bicyclic) bond motifs is 3. The highest BCUT2D eigenvalue weighted by atomic mass is 32.2. The van der Waals surface area contributed by atoms with Gasteiger partial charge in [-0.2, -0.15) is 17.5 Å². The van der Waals surface area contributed by atoms with Crippen LogP contribution in [0.5, 0.6) is 0 Å². The smallest absolute Gasteiger partial charge is 0.319 e. The van der Waals surface area contributed by atoms with Gasteiger partial charge in [0.05, 0.1) is 17.3 Å². The molecule has 29 heavy (non-hydrogen) atoms. The van der Waals surface area contributed by atoms with Crippen LogP contribution in [0.4, 0.5) is 0 Å². The zero-order valence-corrected chi connectivity index (χ0v) is 17.5. The number of aromatic amines is 1. The highest BCUT2D eigenvalue weighted by molar-refractivity contribution is 7.88. The van der Waals surface area contributed by atoms with Crippen LogP contribution in [0.3, 0.4) is 0 Å². The first-order valence-electron chi connectivity index (χ1n) is 9.70. The average Bonchev–Trinajstić information content (AvgIpc) is 3.34. The topological polar surface area (TPSA) is 125 Å². The third kappa shape index (κ3) is 4.19. The molecule has 4 rings (SSSR count). The largest absolute Gasteiger partial charge is 0.389 e. The maximum absolute atomic E-state index is 12.1.